The number of hydrogen-bond acceptors (Lipinski definition) is 6. The lowest BCUT2D eigenvalue weighted by Crippen LogP contribution is -2.15. The number of carbonyl (C=O) groups excluding carboxylic acids is 1. The minimum Gasteiger partial charge on any atom is -0.325 e. The Labute approximate surface area is 170 Å². The van der Waals surface area contributed by atoms with Crippen LogP contribution >= 0.6 is 11.8 Å². The summed E-state index contributed by atoms with van der Waals surface area (Å²) in [6.07, 6.45) is 0. The zero-order valence-electron chi connectivity index (χ0n) is 15.8. The normalized spacial score (nSPS) is 10.7. The van der Waals surface area contributed by atoms with Crippen LogP contribution in [-0.4, -0.2) is 31.3 Å². The number of aromatic nitrogens is 3. The van der Waals surface area contributed by atoms with Crippen molar-refractivity contribution in [3.63, 3.8) is 0 Å². The molecule has 0 fully saturated rings. The number of halogens is 1. The van der Waals surface area contributed by atoms with Gasteiger partial charge in [0.15, 0.2) is 11.0 Å². The number of rotatable bonds is 7. The second-order valence-electron chi connectivity index (χ2n) is 6.15. The van der Waals surface area contributed by atoms with Crippen molar-refractivity contribution >= 4 is 29.0 Å². The van der Waals surface area contributed by atoms with E-state index in [1.807, 2.05) is 6.92 Å². The van der Waals surface area contributed by atoms with Gasteiger partial charge in [0, 0.05) is 29.9 Å². The highest BCUT2D eigenvalue weighted by atomic mass is 32.2. The van der Waals surface area contributed by atoms with E-state index < -0.39 is 10.7 Å². The number of non-ortho nitro benzene ring substituents is 1. The molecule has 3 aromatic rings. The quantitative estimate of drug-likeness (QED) is 0.355. The molecular formula is C19H18FN5O3S. The van der Waals surface area contributed by atoms with Crippen LogP contribution in [0.3, 0.4) is 0 Å². The minimum atomic E-state index is -0.468. The maximum Gasteiger partial charge on any atom is 0.270 e. The fourth-order valence-electron chi connectivity index (χ4n) is 2.70. The Hall–Kier alpha value is -3.27. The molecule has 0 spiro atoms. The summed E-state index contributed by atoms with van der Waals surface area (Å²) in [5.74, 6) is -0.180. The van der Waals surface area contributed by atoms with Crippen LogP contribution in [0.25, 0.3) is 11.4 Å². The van der Waals surface area contributed by atoms with Crippen molar-refractivity contribution in [2.24, 2.45) is 0 Å². The Morgan fingerprint density at radius 2 is 2.07 bits per heavy atom. The van der Waals surface area contributed by atoms with E-state index >= 15 is 0 Å². The first-order valence-corrected chi connectivity index (χ1v) is 9.74. The van der Waals surface area contributed by atoms with Crippen molar-refractivity contribution < 1.29 is 14.1 Å². The maximum atomic E-state index is 13.4. The first kappa shape index (κ1) is 20.5. The van der Waals surface area contributed by atoms with Gasteiger partial charge in [-0.1, -0.05) is 30.0 Å². The number of benzene rings is 2. The first-order valence-electron chi connectivity index (χ1n) is 8.76. The second-order valence-corrected chi connectivity index (χ2v) is 7.10. The van der Waals surface area contributed by atoms with Gasteiger partial charge < -0.3 is 9.88 Å². The molecule has 1 amide bonds. The summed E-state index contributed by atoms with van der Waals surface area (Å²) in [6, 6.07) is 10.3. The Balaban J connectivity index is 1.74. The average Bonchev–Trinajstić information content (AvgIpc) is 3.12. The van der Waals surface area contributed by atoms with Crippen LogP contribution in [0.4, 0.5) is 15.8 Å². The van der Waals surface area contributed by atoms with Gasteiger partial charge in [0.2, 0.25) is 5.91 Å². The first-order chi connectivity index (χ1) is 13.9. The molecule has 0 bridgehead atoms. The van der Waals surface area contributed by atoms with Gasteiger partial charge in [-0.05, 0) is 31.5 Å². The van der Waals surface area contributed by atoms with E-state index in [1.165, 1.54) is 36.0 Å². The molecule has 1 N–H and O–H groups in total. The average molecular weight is 415 g/mol. The lowest BCUT2D eigenvalue weighted by atomic mass is 10.2. The summed E-state index contributed by atoms with van der Waals surface area (Å²) in [6.45, 7) is 4.20. The van der Waals surface area contributed by atoms with Crippen molar-refractivity contribution in [1.82, 2.24) is 14.8 Å². The number of carbonyl (C=O) groups is 1. The summed E-state index contributed by atoms with van der Waals surface area (Å²) in [5.41, 5.74) is 1.71. The van der Waals surface area contributed by atoms with Gasteiger partial charge >= 0.3 is 0 Å². The van der Waals surface area contributed by atoms with Crippen molar-refractivity contribution in [3.05, 3.63) is 64.0 Å². The number of aryl methyl sites for hydroxylation is 1. The molecule has 150 valence electrons. The van der Waals surface area contributed by atoms with E-state index in [0.29, 0.717) is 28.8 Å². The molecule has 0 unspecified atom stereocenters. The molecule has 10 heteroatoms. The van der Waals surface area contributed by atoms with Gasteiger partial charge in [0.1, 0.15) is 5.82 Å². The Morgan fingerprint density at radius 1 is 1.28 bits per heavy atom. The minimum absolute atomic E-state index is 0.0350. The highest BCUT2D eigenvalue weighted by molar-refractivity contribution is 7.99. The van der Waals surface area contributed by atoms with Gasteiger partial charge in [-0.2, -0.15) is 0 Å². The lowest BCUT2D eigenvalue weighted by Gasteiger charge is -2.09. The standard InChI is InChI=1S/C19H18FN5O3S/c1-3-24-18(13-5-4-6-15(9-13)25(27)28)22-23-19(24)29-11-17(26)21-16-10-14(20)8-7-12(16)2/h4-10H,3,11H2,1-2H3,(H,21,26). The SMILES string of the molecule is CCn1c(SCC(=O)Nc2cc(F)ccc2C)nnc1-c1cccc([N+](=O)[O-])c1. The molecule has 0 aliphatic rings. The molecule has 0 atom stereocenters. The summed E-state index contributed by atoms with van der Waals surface area (Å²) < 4.78 is 15.2. The van der Waals surface area contributed by atoms with E-state index in [0.717, 1.165) is 5.56 Å². The lowest BCUT2D eigenvalue weighted by molar-refractivity contribution is -0.384. The number of nitrogens with zero attached hydrogens (tertiary/aromatic N) is 4. The number of nitro benzene ring substituents is 1. The van der Waals surface area contributed by atoms with Crippen LogP contribution in [0.5, 0.6) is 0 Å². The molecule has 29 heavy (non-hydrogen) atoms. The molecule has 0 radical (unpaired) electrons. The van der Waals surface area contributed by atoms with Gasteiger partial charge in [-0.15, -0.1) is 10.2 Å². The molecule has 1 aromatic heterocycles. The zero-order valence-corrected chi connectivity index (χ0v) is 16.6. The third kappa shape index (κ3) is 4.77. The number of hydrogen-bond donors (Lipinski definition) is 1. The number of nitrogens with one attached hydrogen (secondary N) is 1. The predicted molar refractivity (Wildman–Crippen MR) is 108 cm³/mol. The molecular weight excluding hydrogens is 397 g/mol. The number of anilines is 1. The van der Waals surface area contributed by atoms with Gasteiger partial charge in [0.05, 0.1) is 10.7 Å². The zero-order chi connectivity index (χ0) is 21.0. The Kier molecular flexibility index (Phi) is 6.23. The fraction of sp³-hybridized carbons (Fsp3) is 0.211. The van der Waals surface area contributed by atoms with Gasteiger partial charge in [0.25, 0.3) is 5.69 Å². The summed E-state index contributed by atoms with van der Waals surface area (Å²) in [4.78, 5) is 22.8. The molecule has 8 nitrogen and oxygen atoms in total. The maximum absolute atomic E-state index is 13.4. The van der Waals surface area contributed by atoms with E-state index in [4.69, 9.17) is 0 Å². The predicted octanol–water partition coefficient (Wildman–Crippen LogP) is 4.05. The number of thioether (sulfide) groups is 1. The molecule has 2 aromatic carbocycles. The van der Waals surface area contributed by atoms with Crippen molar-refractivity contribution in [1.29, 1.82) is 0 Å². The Bertz CT molecular complexity index is 1070. The van der Waals surface area contributed by atoms with Crippen LogP contribution < -0.4 is 5.32 Å². The summed E-state index contributed by atoms with van der Waals surface area (Å²) in [5, 5.41) is 22.5. The molecule has 0 aliphatic carbocycles. The van der Waals surface area contributed by atoms with Crippen molar-refractivity contribution in [3.8, 4) is 11.4 Å². The van der Waals surface area contributed by atoms with Crippen LogP contribution in [0.15, 0.2) is 47.6 Å². The summed E-state index contributed by atoms with van der Waals surface area (Å²) >= 11 is 1.18. The van der Waals surface area contributed by atoms with Crippen molar-refractivity contribution in [2.45, 2.75) is 25.5 Å². The van der Waals surface area contributed by atoms with E-state index in [2.05, 4.69) is 15.5 Å². The highest BCUT2D eigenvalue weighted by Crippen LogP contribution is 2.26. The third-order valence-electron chi connectivity index (χ3n) is 4.15. The van der Waals surface area contributed by atoms with Crippen LogP contribution in [0.2, 0.25) is 0 Å². The summed E-state index contributed by atoms with van der Waals surface area (Å²) in [7, 11) is 0. The van der Waals surface area contributed by atoms with Gasteiger partial charge in [-0.25, -0.2) is 4.39 Å². The van der Waals surface area contributed by atoms with E-state index in [-0.39, 0.29) is 17.3 Å². The molecule has 1 heterocycles. The topological polar surface area (TPSA) is 103 Å². The van der Waals surface area contributed by atoms with Crippen LogP contribution in [0, 0.1) is 22.9 Å². The molecule has 3 rings (SSSR count). The monoisotopic (exact) mass is 415 g/mol. The van der Waals surface area contributed by atoms with Gasteiger partial charge in [-0.3, -0.25) is 14.9 Å². The molecule has 0 saturated heterocycles. The largest absolute Gasteiger partial charge is 0.325 e. The van der Waals surface area contributed by atoms with Crippen LogP contribution in [0.1, 0.15) is 12.5 Å². The molecule has 0 saturated carbocycles. The number of amides is 1. The van der Waals surface area contributed by atoms with Crippen LogP contribution in [-0.2, 0) is 11.3 Å². The smallest absolute Gasteiger partial charge is 0.270 e. The Morgan fingerprint density at radius 3 is 2.79 bits per heavy atom. The van der Waals surface area contributed by atoms with E-state index in [1.54, 1.807) is 29.7 Å². The third-order valence-corrected chi connectivity index (χ3v) is 5.12. The molecule has 0 aliphatic heterocycles. The number of nitro groups is 1. The highest BCUT2D eigenvalue weighted by Gasteiger charge is 2.17. The fourth-order valence-corrected chi connectivity index (χ4v) is 3.50. The van der Waals surface area contributed by atoms with E-state index in [9.17, 15) is 19.3 Å². The second kappa shape index (κ2) is 8.82. The van der Waals surface area contributed by atoms with Crippen molar-refractivity contribution in [2.75, 3.05) is 11.1 Å².